The molecule has 2 amide bonds. The zero-order valence-corrected chi connectivity index (χ0v) is 14.3. The number of amides is 2. The van der Waals surface area contributed by atoms with Crippen LogP contribution in [0.5, 0.6) is 5.75 Å². The highest BCUT2D eigenvalue weighted by atomic mass is 16.5. The van der Waals surface area contributed by atoms with Crippen LogP contribution in [0.3, 0.4) is 0 Å². The zero-order chi connectivity index (χ0) is 17.2. The van der Waals surface area contributed by atoms with Crippen LogP contribution in [-0.2, 0) is 0 Å². The Bertz CT molecular complexity index is 733. The summed E-state index contributed by atoms with van der Waals surface area (Å²) in [6.07, 6.45) is 3.27. The molecule has 0 radical (unpaired) electrons. The summed E-state index contributed by atoms with van der Waals surface area (Å²) in [6, 6.07) is 7.66. The lowest BCUT2D eigenvalue weighted by molar-refractivity contribution is 0.0445. The molecule has 7 nitrogen and oxygen atoms in total. The minimum atomic E-state index is -0.0133. The van der Waals surface area contributed by atoms with Gasteiger partial charge in [0.1, 0.15) is 11.9 Å². The molecule has 2 fully saturated rings. The van der Waals surface area contributed by atoms with Crippen LogP contribution >= 0.6 is 0 Å². The summed E-state index contributed by atoms with van der Waals surface area (Å²) in [6.45, 7) is 3.98. The van der Waals surface area contributed by atoms with Gasteiger partial charge in [0.25, 0.3) is 0 Å². The molecule has 1 aromatic carbocycles. The van der Waals surface area contributed by atoms with Crippen molar-refractivity contribution in [1.82, 2.24) is 20.4 Å². The third kappa shape index (κ3) is 3.60. The average molecular weight is 342 g/mol. The van der Waals surface area contributed by atoms with Gasteiger partial charge in [-0.3, -0.25) is 0 Å². The molecule has 0 spiro atoms. The Hall–Kier alpha value is -2.57. The van der Waals surface area contributed by atoms with Crippen molar-refractivity contribution in [2.24, 2.45) is 0 Å². The van der Waals surface area contributed by atoms with E-state index in [1.54, 1.807) is 4.90 Å². The molecule has 2 aromatic rings. The van der Waals surface area contributed by atoms with Gasteiger partial charge in [-0.1, -0.05) is 12.1 Å². The molecule has 1 aliphatic heterocycles. The molecule has 0 atom stereocenters. The van der Waals surface area contributed by atoms with Crippen molar-refractivity contribution in [3.05, 3.63) is 30.2 Å². The standard InChI is InChI=1S/C18H22N4O3/c1-2-9-19-18(23)22-10-15(11-22)24-14-7-5-12(6-8-14)16-20-17(25-21-16)13-3-4-13/h5-8,13,15H,2-4,9-11H2,1H3,(H,19,23). The summed E-state index contributed by atoms with van der Waals surface area (Å²) in [4.78, 5) is 18.0. The van der Waals surface area contributed by atoms with E-state index in [4.69, 9.17) is 9.26 Å². The number of carbonyl (C=O) groups excluding carboxylic acids is 1. The number of aromatic nitrogens is 2. The lowest BCUT2D eigenvalue weighted by Crippen LogP contribution is -2.58. The van der Waals surface area contributed by atoms with Gasteiger partial charge in [-0.25, -0.2) is 4.79 Å². The molecule has 4 rings (SSSR count). The Morgan fingerprint density at radius 2 is 2.08 bits per heavy atom. The van der Waals surface area contributed by atoms with Crippen molar-refractivity contribution in [1.29, 1.82) is 0 Å². The van der Waals surface area contributed by atoms with Crippen molar-refractivity contribution in [3.63, 3.8) is 0 Å². The normalized spacial score (nSPS) is 17.2. The molecular weight excluding hydrogens is 320 g/mol. The number of ether oxygens (including phenoxy) is 1. The summed E-state index contributed by atoms with van der Waals surface area (Å²) >= 11 is 0. The number of nitrogens with zero attached hydrogens (tertiary/aromatic N) is 3. The maximum atomic E-state index is 11.8. The van der Waals surface area contributed by atoms with Gasteiger partial charge in [0.2, 0.25) is 11.7 Å². The molecule has 7 heteroatoms. The van der Waals surface area contributed by atoms with E-state index >= 15 is 0 Å². The van der Waals surface area contributed by atoms with Crippen LogP contribution in [0.1, 0.15) is 38.0 Å². The predicted molar refractivity (Wildman–Crippen MR) is 91.4 cm³/mol. The molecule has 0 unspecified atom stereocenters. The number of carbonyl (C=O) groups is 1. The van der Waals surface area contributed by atoms with Crippen molar-refractivity contribution in [3.8, 4) is 17.1 Å². The largest absolute Gasteiger partial charge is 0.487 e. The van der Waals surface area contributed by atoms with E-state index in [0.717, 1.165) is 36.5 Å². The second kappa shape index (κ2) is 6.74. The van der Waals surface area contributed by atoms with Crippen LogP contribution in [0.15, 0.2) is 28.8 Å². The number of benzene rings is 1. The molecule has 2 aliphatic rings. The van der Waals surface area contributed by atoms with E-state index < -0.39 is 0 Å². The molecule has 0 bridgehead atoms. The maximum absolute atomic E-state index is 11.8. The fourth-order valence-electron chi connectivity index (χ4n) is 2.75. The number of nitrogens with one attached hydrogen (secondary N) is 1. The predicted octanol–water partition coefficient (Wildman–Crippen LogP) is 2.80. The first-order chi connectivity index (χ1) is 12.2. The second-order valence-electron chi connectivity index (χ2n) is 6.63. The third-order valence-electron chi connectivity index (χ3n) is 4.45. The SMILES string of the molecule is CCCNC(=O)N1CC(Oc2ccc(-c3noc(C4CC4)n3)cc2)C1. The van der Waals surface area contributed by atoms with Gasteiger partial charge in [-0.15, -0.1) is 0 Å². The average Bonchev–Trinajstić information content (AvgIpc) is 3.33. The molecule has 1 N–H and O–H groups in total. The third-order valence-corrected chi connectivity index (χ3v) is 4.45. The Morgan fingerprint density at radius 3 is 2.76 bits per heavy atom. The Kier molecular flexibility index (Phi) is 4.29. The first kappa shape index (κ1) is 15.9. The molecule has 1 aliphatic carbocycles. The minimum Gasteiger partial charge on any atom is -0.487 e. The Balaban J connectivity index is 1.29. The maximum Gasteiger partial charge on any atom is 0.317 e. The molecule has 1 saturated carbocycles. The number of rotatable bonds is 6. The molecule has 132 valence electrons. The lowest BCUT2D eigenvalue weighted by Gasteiger charge is -2.38. The zero-order valence-electron chi connectivity index (χ0n) is 14.3. The van der Waals surface area contributed by atoms with Crippen LogP contribution < -0.4 is 10.1 Å². The van der Waals surface area contributed by atoms with Gasteiger partial charge in [0, 0.05) is 18.0 Å². The van der Waals surface area contributed by atoms with Crippen LogP contribution in [0.4, 0.5) is 4.79 Å². The summed E-state index contributed by atoms with van der Waals surface area (Å²) in [5.74, 6) is 2.61. The monoisotopic (exact) mass is 342 g/mol. The summed E-state index contributed by atoms with van der Waals surface area (Å²) in [7, 11) is 0. The fraction of sp³-hybridized carbons (Fsp3) is 0.500. The van der Waals surface area contributed by atoms with Gasteiger partial charge in [0.15, 0.2) is 0 Å². The highest BCUT2D eigenvalue weighted by Gasteiger charge is 2.32. The van der Waals surface area contributed by atoms with Gasteiger partial charge in [-0.05, 0) is 43.5 Å². The van der Waals surface area contributed by atoms with Crippen molar-refractivity contribution >= 4 is 6.03 Å². The molecule has 1 saturated heterocycles. The summed E-state index contributed by atoms with van der Waals surface area (Å²) < 4.78 is 11.2. The van der Waals surface area contributed by atoms with E-state index in [1.807, 2.05) is 31.2 Å². The first-order valence-corrected chi connectivity index (χ1v) is 8.86. The van der Waals surface area contributed by atoms with Crippen LogP contribution in [0, 0.1) is 0 Å². The first-order valence-electron chi connectivity index (χ1n) is 8.86. The number of urea groups is 1. The smallest absolute Gasteiger partial charge is 0.317 e. The van der Waals surface area contributed by atoms with Crippen molar-refractivity contribution < 1.29 is 14.1 Å². The number of hydrogen-bond donors (Lipinski definition) is 1. The van der Waals surface area contributed by atoms with Gasteiger partial charge in [-0.2, -0.15) is 4.98 Å². The van der Waals surface area contributed by atoms with Gasteiger partial charge < -0.3 is 19.5 Å². The Labute approximate surface area is 146 Å². The number of hydrogen-bond acceptors (Lipinski definition) is 5. The lowest BCUT2D eigenvalue weighted by atomic mass is 10.1. The summed E-state index contributed by atoms with van der Waals surface area (Å²) in [5, 5.41) is 6.91. The highest BCUT2D eigenvalue weighted by molar-refractivity contribution is 5.75. The van der Waals surface area contributed by atoms with Crippen LogP contribution in [0.25, 0.3) is 11.4 Å². The van der Waals surface area contributed by atoms with E-state index in [1.165, 1.54) is 0 Å². The van der Waals surface area contributed by atoms with Crippen molar-refractivity contribution in [2.45, 2.75) is 38.2 Å². The van der Waals surface area contributed by atoms with E-state index in [9.17, 15) is 4.79 Å². The Morgan fingerprint density at radius 1 is 1.32 bits per heavy atom. The molecular formula is C18H22N4O3. The molecule has 25 heavy (non-hydrogen) atoms. The van der Waals surface area contributed by atoms with Crippen molar-refractivity contribution in [2.75, 3.05) is 19.6 Å². The molecule has 2 heterocycles. The highest BCUT2D eigenvalue weighted by Crippen LogP contribution is 2.39. The second-order valence-corrected chi connectivity index (χ2v) is 6.63. The van der Waals surface area contributed by atoms with Crippen LogP contribution in [0.2, 0.25) is 0 Å². The van der Waals surface area contributed by atoms with Gasteiger partial charge in [0.05, 0.1) is 13.1 Å². The summed E-state index contributed by atoms with van der Waals surface area (Å²) in [5.41, 5.74) is 0.914. The topological polar surface area (TPSA) is 80.5 Å². The fourth-order valence-corrected chi connectivity index (χ4v) is 2.75. The van der Waals surface area contributed by atoms with E-state index in [-0.39, 0.29) is 12.1 Å². The number of likely N-dealkylation sites (tertiary alicyclic amines) is 1. The quantitative estimate of drug-likeness (QED) is 0.873. The van der Waals surface area contributed by atoms with E-state index in [2.05, 4.69) is 15.5 Å². The minimum absolute atomic E-state index is 0.0133. The van der Waals surface area contributed by atoms with E-state index in [0.29, 0.717) is 31.4 Å². The molecule has 1 aromatic heterocycles. The van der Waals surface area contributed by atoms with Gasteiger partial charge >= 0.3 is 6.03 Å². The van der Waals surface area contributed by atoms with Crippen LogP contribution in [-0.4, -0.2) is 46.8 Å².